The predicted molar refractivity (Wildman–Crippen MR) is 110 cm³/mol. The second-order valence-corrected chi connectivity index (χ2v) is 6.84. The zero-order chi connectivity index (χ0) is 22.7. The molecule has 1 aliphatic rings. The van der Waals surface area contributed by atoms with Crippen LogP contribution >= 0.6 is 0 Å². The number of Topliss-reactive ketones (excluding diaryl/α,β-unsaturated/α-hetero) is 2. The number of carbonyl (C=O) groups is 3. The summed E-state index contributed by atoms with van der Waals surface area (Å²) < 4.78 is 15.9. The fourth-order valence-electron chi connectivity index (χ4n) is 3.40. The maximum atomic E-state index is 13.0. The maximum Gasteiger partial charge on any atom is 0.339 e. The topological polar surface area (TPSA) is 112 Å². The van der Waals surface area contributed by atoms with Crippen molar-refractivity contribution < 1.29 is 33.7 Å². The molecule has 1 aromatic carbocycles. The van der Waals surface area contributed by atoms with Crippen molar-refractivity contribution in [2.75, 3.05) is 14.2 Å². The van der Waals surface area contributed by atoms with Crippen molar-refractivity contribution in [3.8, 4) is 5.75 Å². The number of ether oxygens (including phenoxy) is 3. The molecule has 1 N–H and O–H groups in total. The van der Waals surface area contributed by atoms with Gasteiger partial charge in [0.15, 0.2) is 0 Å². The molecular weight excluding hydrogens is 402 g/mol. The molecular formula is C23H21NO7. The van der Waals surface area contributed by atoms with Gasteiger partial charge in [-0.15, -0.1) is 0 Å². The highest BCUT2D eigenvalue weighted by molar-refractivity contribution is 6.38. The predicted octanol–water partition coefficient (Wildman–Crippen LogP) is 3.10. The van der Waals surface area contributed by atoms with Crippen LogP contribution in [0.4, 0.5) is 0 Å². The quantitative estimate of drug-likeness (QED) is 0.676. The fourth-order valence-corrected chi connectivity index (χ4v) is 3.40. The zero-order valence-corrected chi connectivity index (χ0v) is 17.5. The zero-order valence-electron chi connectivity index (χ0n) is 17.5. The van der Waals surface area contributed by atoms with Crippen LogP contribution in [0.5, 0.6) is 5.75 Å². The number of benzene rings is 1. The highest BCUT2D eigenvalue weighted by Gasteiger charge is 2.36. The lowest BCUT2D eigenvalue weighted by Gasteiger charge is -2.21. The van der Waals surface area contributed by atoms with Gasteiger partial charge >= 0.3 is 5.97 Å². The summed E-state index contributed by atoms with van der Waals surface area (Å²) in [5, 5.41) is 9.76. The van der Waals surface area contributed by atoms with Crippen molar-refractivity contribution in [1.82, 2.24) is 4.98 Å². The van der Waals surface area contributed by atoms with Crippen molar-refractivity contribution in [2.45, 2.75) is 20.5 Å². The lowest BCUT2D eigenvalue weighted by molar-refractivity contribution is -0.119. The third-order valence-electron chi connectivity index (χ3n) is 4.90. The minimum absolute atomic E-state index is 0.0638. The highest BCUT2D eigenvalue weighted by atomic mass is 16.5. The fraction of sp³-hybridized carbons (Fsp3) is 0.217. The molecule has 0 spiro atoms. The van der Waals surface area contributed by atoms with E-state index in [1.165, 1.54) is 27.2 Å². The number of aryl methyl sites for hydroxylation is 1. The number of allylic oxidation sites excluding steroid dienone is 2. The second kappa shape index (κ2) is 8.83. The molecule has 160 valence electrons. The van der Waals surface area contributed by atoms with Crippen molar-refractivity contribution in [3.05, 3.63) is 76.0 Å². The van der Waals surface area contributed by atoms with E-state index in [0.717, 1.165) is 5.56 Å². The lowest BCUT2D eigenvalue weighted by atomic mass is 9.87. The van der Waals surface area contributed by atoms with Crippen LogP contribution in [-0.4, -0.2) is 41.8 Å². The smallest absolute Gasteiger partial charge is 0.339 e. The molecule has 1 aliphatic carbocycles. The van der Waals surface area contributed by atoms with Gasteiger partial charge in [0.05, 0.1) is 14.2 Å². The Morgan fingerprint density at radius 1 is 1.00 bits per heavy atom. The van der Waals surface area contributed by atoms with Crippen LogP contribution in [-0.2, 0) is 25.7 Å². The van der Waals surface area contributed by atoms with Crippen molar-refractivity contribution in [2.24, 2.45) is 0 Å². The Balaban J connectivity index is 2.07. The number of hydrogen-bond acceptors (Lipinski definition) is 7. The van der Waals surface area contributed by atoms with Gasteiger partial charge < -0.3 is 19.3 Å². The van der Waals surface area contributed by atoms with Gasteiger partial charge in [0.2, 0.25) is 23.1 Å². The largest absolute Gasteiger partial charge is 0.489 e. The molecule has 0 saturated heterocycles. The highest BCUT2D eigenvalue weighted by Crippen LogP contribution is 2.35. The van der Waals surface area contributed by atoms with Gasteiger partial charge in [0.1, 0.15) is 17.9 Å². The Morgan fingerprint density at radius 3 is 2.19 bits per heavy atom. The average Bonchev–Trinajstić information content (AvgIpc) is 2.75. The molecule has 0 amide bonds. The number of nitrogens with zero attached hydrogens (tertiary/aromatic N) is 1. The van der Waals surface area contributed by atoms with E-state index >= 15 is 0 Å². The number of carbonyl (C=O) groups excluding carboxylic acids is 2. The first-order valence-electron chi connectivity index (χ1n) is 9.32. The SMILES string of the molecule is COC1=C(OC)C(=O)C(c2cc(C)c(OCc3ccncc3)c(C(=O)O)c2)=C(C)C1=O. The first-order valence-corrected chi connectivity index (χ1v) is 9.32. The number of rotatable bonds is 7. The van der Waals surface area contributed by atoms with E-state index in [4.69, 9.17) is 14.2 Å². The Morgan fingerprint density at radius 2 is 1.61 bits per heavy atom. The van der Waals surface area contributed by atoms with E-state index < -0.39 is 17.5 Å². The van der Waals surface area contributed by atoms with Gasteiger partial charge in [0.25, 0.3) is 0 Å². The molecule has 3 rings (SSSR count). The summed E-state index contributed by atoms with van der Waals surface area (Å²) in [6.45, 7) is 3.32. The number of aromatic carboxylic acids is 1. The van der Waals surface area contributed by atoms with Crippen LogP contribution in [0.1, 0.15) is 34.0 Å². The van der Waals surface area contributed by atoms with Crippen LogP contribution in [0.25, 0.3) is 5.57 Å². The monoisotopic (exact) mass is 423 g/mol. The van der Waals surface area contributed by atoms with Crippen molar-refractivity contribution in [1.29, 1.82) is 0 Å². The van der Waals surface area contributed by atoms with E-state index in [-0.39, 0.29) is 46.1 Å². The molecule has 31 heavy (non-hydrogen) atoms. The molecule has 0 fully saturated rings. The third-order valence-corrected chi connectivity index (χ3v) is 4.90. The maximum absolute atomic E-state index is 13.0. The normalized spacial score (nSPS) is 14.1. The number of carboxylic acid groups (broad SMARTS) is 1. The van der Waals surface area contributed by atoms with Crippen LogP contribution in [0.15, 0.2) is 53.8 Å². The molecule has 0 aliphatic heterocycles. The summed E-state index contributed by atoms with van der Waals surface area (Å²) in [6, 6.07) is 6.46. The Hall–Kier alpha value is -3.94. The summed E-state index contributed by atoms with van der Waals surface area (Å²) in [7, 11) is 2.54. The number of ketones is 2. The summed E-state index contributed by atoms with van der Waals surface area (Å²) in [5.41, 5.74) is 1.70. The number of aromatic nitrogens is 1. The number of pyridine rings is 1. The van der Waals surface area contributed by atoms with E-state index in [1.54, 1.807) is 37.5 Å². The van der Waals surface area contributed by atoms with Crippen LogP contribution in [0, 0.1) is 6.92 Å². The standard InChI is InChI=1S/C23H21NO7/c1-12-9-15(17-13(2)18(25)21(29-3)22(30-4)19(17)26)10-16(23(27)28)20(12)31-11-14-5-7-24-8-6-14/h5-10H,11H2,1-4H3,(H,27,28). The van der Waals surface area contributed by atoms with Crippen molar-refractivity contribution in [3.63, 3.8) is 0 Å². The van der Waals surface area contributed by atoms with Gasteiger partial charge in [-0.3, -0.25) is 14.6 Å². The average molecular weight is 423 g/mol. The van der Waals surface area contributed by atoms with E-state index in [1.807, 2.05) is 0 Å². The van der Waals surface area contributed by atoms with Crippen LogP contribution in [0.3, 0.4) is 0 Å². The molecule has 8 nitrogen and oxygen atoms in total. The minimum Gasteiger partial charge on any atom is -0.489 e. The summed E-state index contributed by atoms with van der Waals surface area (Å²) >= 11 is 0. The molecule has 8 heteroatoms. The van der Waals surface area contributed by atoms with Gasteiger partial charge in [-0.2, -0.15) is 0 Å². The summed E-state index contributed by atoms with van der Waals surface area (Å²) in [6.07, 6.45) is 3.23. The van der Waals surface area contributed by atoms with E-state index in [2.05, 4.69) is 4.98 Å². The lowest BCUT2D eigenvalue weighted by Crippen LogP contribution is -2.24. The molecule has 0 unspecified atom stereocenters. The summed E-state index contributed by atoms with van der Waals surface area (Å²) in [5.74, 6) is -2.50. The third kappa shape index (κ3) is 4.05. The van der Waals surface area contributed by atoms with Gasteiger partial charge in [-0.05, 0) is 54.8 Å². The van der Waals surface area contributed by atoms with Gasteiger partial charge in [-0.25, -0.2) is 4.79 Å². The van der Waals surface area contributed by atoms with E-state index in [9.17, 15) is 19.5 Å². The number of methoxy groups -OCH3 is 2. The van der Waals surface area contributed by atoms with Gasteiger partial charge in [0, 0.05) is 23.5 Å². The number of carboxylic acids is 1. The first kappa shape index (κ1) is 21.8. The summed E-state index contributed by atoms with van der Waals surface area (Å²) in [4.78, 5) is 41.6. The van der Waals surface area contributed by atoms with E-state index in [0.29, 0.717) is 5.56 Å². The molecule has 2 aromatic rings. The Labute approximate surface area is 178 Å². The van der Waals surface area contributed by atoms with Gasteiger partial charge in [-0.1, -0.05) is 0 Å². The second-order valence-electron chi connectivity index (χ2n) is 6.84. The molecule has 1 heterocycles. The molecule has 0 atom stereocenters. The minimum atomic E-state index is -1.22. The molecule has 0 radical (unpaired) electrons. The number of hydrogen-bond donors (Lipinski definition) is 1. The molecule has 0 saturated carbocycles. The van der Waals surface area contributed by atoms with Crippen molar-refractivity contribution >= 4 is 23.1 Å². The van der Waals surface area contributed by atoms with Crippen LogP contribution < -0.4 is 4.74 Å². The van der Waals surface area contributed by atoms with Crippen LogP contribution in [0.2, 0.25) is 0 Å². The Bertz CT molecular complexity index is 1130. The first-order chi connectivity index (χ1) is 14.8. The molecule has 1 aromatic heterocycles. The Kier molecular flexibility index (Phi) is 6.20. The molecule has 0 bridgehead atoms.